The zero-order valence-electron chi connectivity index (χ0n) is 14.6. The van der Waals surface area contributed by atoms with Crippen LogP contribution in [0.3, 0.4) is 0 Å². The van der Waals surface area contributed by atoms with Crippen molar-refractivity contribution in [2.75, 3.05) is 31.5 Å². The second-order valence-corrected chi connectivity index (χ2v) is 6.74. The fraction of sp³-hybridized carbons (Fsp3) is 0.412. The Kier molecular flexibility index (Phi) is 12.1. The van der Waals surface area contributed by atoms with E-state index in [1.165, 1.54) is 0 Å². The Morgan fingerprint density at radius 3 is 2.62 bits per heavy atom. The molecule has 0 bridgehead atoms. The molecule has 1 aliphatic heterocycles. The fourth-order valence-electron chi connectivity index (χ4n) is 2.65. The summed E-state index contributed by atoms with van der Waals surface area (Å²) in [5.74, 6) is -0.0117. The first kappa shape index (κ1) is 25.1. The molecule has 2 aromatic rings. The Balaban J connectivity index is 0.00000208. The molecule has 146 valence electrons. The van der Waals surface area contributed by atoms with E-state index in [1.54, 1.807) is 11.3 Å². The average molecular weight is 440 g/mol. The highest BCUT2D eigenvalue weighted by atomic mass is 35.5. The molecule has 1 aliphatic rings. The topological polar surface area (TPSA) is 57.3 Å². The Labute approximate surface area is 177 Å². The first-order valence-corrected chi connectivity index (χ1v) is 8.80. The number of anilines is 1. The van der Waals surface area contributed by atoms with Crippen molar-refractivity contribution in [1.29, 1.82) is 0 Å². The zero-order valence-corrected chi connectivity index (χ0v) is 17.8. The van der Waals surface area contributed by atoms with Crippen LogP contribution in [0.2, 0.25) is 0 Å². The lowest BCUT2D eigenvalue weighted by Crippen LogP contribution is -2.42. The van der Waals surface area contributed by atoms with E-state index in [-0.39, 0.29) is 43.1 Å². The fourth-order valence-corrected chi connectivity index (χ4v) is 3.43. The second-order valence-electron chi connectivity index (χ2n) is 5.80. The van der Waals surface area contributed by atoms with Gasteiger partial charge in [-0.3, -0.25) is 9.69 Å². The molecule has 0 saturated carbocycles. The average Bonchev–Trinajstić information content (AvgIpc) is 2.97. The normalized spacial score (nSPS) is 13.7. The first-order chi connectivity index (χ1) is 11.2. The predicted octanol–water partition coefficient (Wildman–Crippen LogP) is 3.30. The minimum atomic E-state index is -0.0117. The number of amides is 1. The van der Waals surface area contributed by atoms with Crippen LogP contribution in [0.15, 0.2) is 29.6 Å². The van der Waals surface area contributed by atoms with Gasteiger partial charge in [0, 0.05) is 43.8 Å². The number of piperazine rings is 1. The van der Waals surface area contributed by atoms with Crippen LogP contribution in [0.25, 0.3) is 0 Å². The van der Waals surface area contributed by atoms with Crippen LogP contribution in [0.4, 0.5) is 5.69 Å². The van der Waals surface area contributed by atoms with Gasteiger partial charge in [0.05, 0.1) is 12.1 Å². The number of rotatable bonds is 5. The Morgan fingerprint density at radius 2 is 1.92 bits per heavy atom. The van der Waals surface area contributed by atoms with E-state index in [9.17, 15) is 4.79 Å². The summed E-state index contributed by atoms with van der Waals surface area (Å²) in [6.07, 6.45) is 0.334. The summed E-state index contributed by atoms with van der Waals surface area (Å²) in [4.78, 5) is 19.2. The molecule has 0 aliphatic carbocycles. The van der Waals surface area contributed by atoms with Crippen LogP contribution in [0, 0.1) is 6.92 Å². The van der Waals surface area contributed by atoms with E-state index in [0.717, 1.165) is 54.7 Å². The summed E-state index contributed by atoms with van der Waals surface area (Å²) in [6, 6.07) is 7.81. The van der Waals surface area contributed by atoms with Crippen molar-refractivity contribution < 1.29 is 4.79 Å². The monoisotopic (exact) mass is 438 g/mol. The quantitative estimate of drug-likeness (QED) is 0.750. The van der Waals surface area contributed by atoms with Gasteiger partial charge in [0.25, 0.3) is 0 Å². The van der Waals surface area contributed by atoms with Gasteiger partial charge in [-0.15, -0.1) is 48.6 Å². The molecular formula is C17H25Cl3N4OS. The number of halogens is 3. The van der Waals surface area contributed by atoms with Gasteiger partial charge in [-0.1, -0.05) is 18.2 Å². The van der Waals surface area contributed by atoms with Gasteiger partial charge >= 0.3 is 0 Å². The highest BCUT2D eigenvalue weighted by molar-refractivity contribution is 7.09. The molecule has 1 saturated heterocycles. The summed E-state index contributed by atoms with van der Waals surface area (Å²) in [5.41, 5.74) is 3.00. The summed E-state index contributed by atoms with van der Waals surface area (Å²) in [7, 11) is 0. The summed E-state index contributed by atoms with van der Waals surface area (Å²) < 4.78 is 0. The number of aromatic nitrogens is 1. The molecular weight excluding hydrogens is 415 g/mol. The molecule has 0 atom stereocenters. The molecule has 1 aromatic carbocycles. The third-order valence-corrected chi connectivity index (χ3v) is 4.82. The number of hydrogen-bond acceptors (Lipinski definition) is 5. The van der Waals surface area contributed by atoms with Crippen molar-refractivity contribution in [3.8, 4) is 0 Å². The van der Waals surface area contributed by atoms with Crippen molar-refractivity contribution in [2.24, 2.45) is 0 Å². The first-order valence-electron chi connectivity index (χ1n) is 7.92. The number of carbonyl (C=O) groups is 1. The molecule has 1 fully saturated rings. The lowest BCUT2D eigenvalue weighted by molar-refractivity contribution is -0.115. The molecule has 3 rings (SSSR count). The number of nitrogens with zero attached hydrogens (tertiary/aromatic N) is 2. The molecule has 5 nitrogen and oxygen atoms in total. The third-order valence-electron chi connectivity index (χ3n) is 3.93. The van der Waals surface area contributed by atoms with Crippen LogP contribution in [0.1, 0.15) is 16.3 Å². The third kappa shape index (κ3) is 7.39. The lowest BCUT2D eigenvalue weighted by atomic mass is 10.2. The van der Waals surface area contributed by atoms with Gasteiger partial charge in [-0.25, -0.2) is 4.98 Å². The SMILES string of the molecule is Cc1ccccc1NC(=O)Cc1nc(CN2CCNCC2)cs1.Cl.Cl.Cl. The predicted molar refractivity (Wildman–Crippen MR) is 116 cm³/mol. The molecule has 9 heteroatoms. The molecule has 2 N–H and O–H groups in total. The largest absolute Gasteiger partial charge is 0.325 e. The smallest absolute Gasteiger partial charge is 0.231 e. The van der Waals surface area contributed by atoms with Crippen LogP contribution < -0.4 is 10.6 Å². The Morgan fingerprint density at radius 1 is 1.23 bits per heavy atom. The number of para-hydroxylation sites is 1. The number of aryl methyl sites for hydroxylation is 1. The molecule has 1 aromatic heterocycles. The Bertz CT molecular complexity index is 678. The molecule has 0 spiro atoms. The zero-order chi connectivity index (χ0) is 16.1. The highest BCUT2D eigenvalue weighted by Gasteiger charge is 2.13. The highest BCUT2D eigenvalue weighted by Crippen LogP contribution is 2.16. The van der Waals surface area contributed by atoms with Crippen molar-refractivity contribution >= 4 is 60.2 Å². The van der Waals surface area contributed by atoms with Crippen molar-refractivity contribution in [3.05, 3.63) is 45.9 Å². The maximum absolute atomic E-state index is 12.2. The maximum Gasteiger partial charge on any atom is 0.231 e. The van der Waals surface area contributed by atoms with E-state index < -0.39 is 0 Å². The summed E-state index contributed by atoms with van der Waals surface area (Å²) in [5, 5.41) is 9.25. The molecule has 0 radical (unpaired) electrons. The van der Waals surface area contributed by atoms with Crippen LogP contribution >= 0.6 is 48.6 Å². The van der Waals surface area contributed by atoms with Gasteiger partial charge < -0.3 is 10.6 Å². The number of nitrogens with one attached hydrogen (secondary N) is 2. The standard InChI is InChI=1S/C17H22N4OS.3ClH/c1-13-4-2-3-5-15(13)20-16(22)10-17-19-14(12-23-17)11-21-8-6-18-7-9-21;;;/h2-5,12,18H,6-11H2,1H3,(H,20,22);3*1H. The minimum Gasteiger partial charge on any atom is -0.325 e. The van der Waals surface area contributed by atoms with Crippen LogP contribution in [0.5, 0.6) is 0 Å². The molecule has 2 heterocycles. The lowest BCUT2D eigenvalue weighted by Gasteiger charge is -2.26. The number of benzene rings is 1. The van der Waals surface area contributed by atoms with E-state index in [4.69, 9.17) is 0 Å². The molecule has 26 heavy (non-hydrogen) atoms. The van der Waals surface area contributed by atoms with Crippen molar-refractivity contribution in [3.63, 3.8) is 0 Å². The van der Waals surface area contributed by atoms with Crippen molar-refractivity contribution in [1.82, 2.24) is 15.2 Å². The summed E-state index contributed by atoms with van der Waals surface area (Å²) in [6.45, 7) is 7.05. The van der Waals surface area contributed by atoms with E-state index in [2.05, 4.69) is 25.9 Å². The Hall–Kier alpha value is -0.890. The summed E-state index contributed by atoms with van der Waals surface area (Å²) >= 11 is 1.57. The number of thiazole rings is 1. The molecule has 0 unspecified atom stereocenters. The van der Waals surface area contributed by atoms with Gasteiger partial charge in [0.15, 0.2) is 0 Å². The van der Waals surface area contributed by atoms with E-state index >= 15 is 0 Å². The van der Waals surface area contributed by atoms with E-state index in [1.807, 2.05) is 31.2 Å². The van der Waals surface area contributed by atoms with Gasteiger partial charge in [-0.2, -0.15) is 0 Å². The maximum atomic E-state index is 12.2. The van der Waals surface area contributed by atoms with Crippen molar-refractivity contribution in [2.45, 2.75) is 19.9 Å². The number of hydrogen-bond donors (Lipinski definition) is 2. The van der Waals surface area contributed by atoms with Gasteiger partial charge in [0.2, 0.25) is 5.91 Å². The van der Waals surface area contributed by atoms with E-state index in [0.29, 0.717) is 6.42 Å². The van der Waals surface area contributed by atoms with Gasteiger partial charge in [-0.05, 0) is 18.6 Å². The van der Waals surface area contributed by atoms with Gasteiger partial charge in [0.1, 0.15) is 5.01 Å². The molecule has 1 amide bonds. The van der Waals surface area contributed by atoms with Crippen LogP contribution in [-0.2, 0) is 17.8 Å². The minimum absolute atomic E-state index is 0. The number of carbonyl (C=O) groups excluding carboxylic acids is 1. The van der Waals surface area contributed by atoms with Crippen LogP contribution in [-0.4, -0.2) is 42.0 Å². The second kappa shape index (κ2) is 12.5.